The molecule has 0 saturated carbocycles. The van der Waals surface area contributed by atoms with Crippen molar-refractivity contribution >= 4 is 15.5 Å². The number of hydrogen-bond donors (Lipinski definition) is 1. The molecule has 4 heterocycles. The number of fused-ring (bicyclic) bond motifs is 3. The Morgan fingerprint density at radius 3 is 2.71 bits per heavy atom. The van der Waals surface area contributed by atoms with Gasteiger partial charge in [0.05, 0.1) is 22.3 Å². The lowest BCUT2D eigenvalue weighted by Crippen LogP contribution is -2.50. The van der Waals surface area contributed by atoms with Crippen LogP contribution in [0.5, 0.6) is 0 Å². The van der Waals surface area contributed by atoms with E-state index < -0.39 is 25.9 Å². The molecule has 2 bridgehead atoms. The number of nitrogens with zero attached hydrogens (tertiary/aromatic N) is 3. The van der Waals surface area contributed by atoms with Crippen molar-refractivity contribution < 1.29 is 13.5 Å². The molecule has 21 heavy (non-hydrogen) atoms. The highest BCUT2D eigenvalue weighted by Crippen LogP contribution is 2.45. The van der Waals surface area contributed by atoms with Crippen LogP contribution >= 0.6 is 0 Å². The third kappa shape index (κ3) is 1.91. The average molecular weight is 307 g/mol. The molecule has 0 amide bonds. The van der Waals surface area contributed by atoms with Gasteiger partial charge in [-0.2, -0.15) is 5.10 Å². The van der Waals surface area contributed by atoms with Gasteiger partial charge in [0.2, 0.25) is 0 Å². The lowest BCUT2D eigenvalue weighted by atomic mass is 9.81. The third-order valence-electron chi connectivity index (χ3n) is 4.90. The van der Waals surface area contributed by atoms with Gasteiger partial charge in [-0.1, -0.05) is 6.42 Å². The molecule has 2 unspecified atom stereocenters. The van der Waals surface area contributed by atoms with E-state index in [1.165, 1.54) is 0 Å². The molecule has 2 aliphatic rings. The maximum atomic E-state index is 12.3. The Bertz CT molecular complexity index is 779. The molecule has 2 fully saturated rings. The maximum Gasteiger partial charge on any atom is 0.156 e. The summed E-state index contributed by atoms with van der Waals surface area (Å²) in [4.78, 5) is 4.28. The van der Waals surface area contributed by atoms with E-state index in [0.717, 1.165) is 6.42 Å². The first-order valence-electron chi connectivity index (χ1n) is 7.24. The summed E-state index contributed by atoms with van der Waals surface area (Å²) in [5.74, 6) is 0. The van der Waals surface area contributed by atoms with Gasteiger partial charge in [-0.25, -0.2) is 17.9 Å². The summed E-state index contributed by atoms with van der Waals surface area (Å²) in [6, 6.07) is 1.79. The Morgan fingerprint density at radius 1 is 1.29 bits per heavy atom. The molecule has 2 aromatic rings. The molecule has 1 N–H and O–H groups in total. The number of sulfone groups is 1. The first-order valence-corrected chi connectivity index (χ1v) is 8.85. The molecule has 0 spiro atoms. The van der Waals surface area contributed by atoms with Crippen molar-refractivity contribution in [3.05, 3.63) is 30.2 Å². The van der Waals surface area contributed by atoms with E-state index in [1.54, 1.807) is 29.2 Å². The van der Waals surface area contributed by atoms with Crippen LogP contribution in [-0.4, -0.2) is 38.6 Å². The molecular weight excluding hydrogens is 290 g/mol. The second-order valence-corrected chi connectivity index (χ2v) is 8.69. The second kappa shape index (κ2) is 4.27. The first kappa shape index (κ1) is 13.2. The van der Waals surface area contributed by atoms with Crippen LogP contribution in [0, 0.1) is 0 Å². The van der Waals surface area contributed by atoms with Gasteiger partial charge in [-0.15, -0.1) is 0 Å². The summed E-state index contributed by atoms with van der Waals surface area (Å²) in [5, 5.41) is 14.3. The summed E-state index contributed by atoms with van der Waals surface area (Å²) in [6.45, 7) is 0. The summed E-state index contributed by atoms with van der Waals surface area (Å²) in [5.41, 5.74) is 0.255. The number of aromatic nitrogens is 3. The van der Waals surface area contributed by atoms with Gasteiger partial charge in [0, 0.05) is 24.0 Å². The molecule has 112 valence electrons. The molecule has 7 heteroatoms. The smallest absolute Gasteiger partial charge is 0.156 e. The monoisotopic (exact) mass is 307 g/mol. The van der Waals surface area contributed by atoms with Gasteiger partial charge in [-0.3, -0.25) is 0 Å². The summed E-state index contributed by atoms with van der Waals surface area (Å²) in [7, 11) is -3.08. The highest BCUT2D eigenvalue weighted by atomic mass is 32.2. The standard InChI is InChI=1S/C14H17N3O3S/c18-14(10-8-15-13-4-5-16-17(13)9-10)6-11-2-1-3-12(7-14)21(11,19)20/h4-5,8-9,11-12,18H,1-3,6-7H2. The summed E-state index contributed by atoms with van der Waals surface area (Å²) in [6.07, 6.45) is 7.82. The number of aliphatic hydroxyl groups is 1. The SMILES string of the molecule is O=S1(=O)C2CCCC1CC(O)(c1cnc3ccnn3c1)C2. The van der Waals surface area contributed by atoms with E-state index in [0.29, 0.717) is 24.1 Å². The van der Waals surface area contributed by atoms with Crippen molar-refractivity contribution in [1.29, 1.82) is 0 Å². The van der Waals surface area contributed by atoms with E-state index >= 15 is 0 Å². The molecule has 2 aromatic heterocycles. The molecule has 2 saturated heterocycles. The Kier molecular flexibility index (Phi) is 2.68. The van der Waals surface area contributed by atoms with Crippen LogP contribution in [0.15, 0.2) is 24.7 Å². The minimum Gasteiger partial charge on any atom is -0.385 e. The van der Waals surface area contributed by atoms with Crippen LogP contribution in [0.3, 0.4) is 0 Å². The Morgan fingerprint density at radius 2 is 2.00 bits per heavy atom. The third-order valence-corrected chi connectivity index (χ3v) is 7.56. The average Bonchev–Trinajstić information content (AvgIpc) is 2.88. The van der Waals surface area contributed by atoms with Gasteiger partial charge in [0.1, 0.15) is 0 Å². The van der Waals surface area contributed by atoms with Crippen molar-refractivity contribution in [2.75, 3.05) is 0 Å². The van der Waals surface area contributed by atoms with E-state index in [-0.39, 0.29) is 12.8 Å². The lowest BCUT2D eigenvalue weighted by Gasteiger charge is -2.43. The van der Waals surface area contributed by atoms with Crippen LogP contribution in [-0.2, 0) is 15.4 Å². The lowest BCUT2D eigenvalue weighted by molar-refractivity contribution is 0.00427. The highest BCUT2D eigenvalue weighted by Gasteiger charge is 2.51. The van der Waals surface area contributed by atoms with E-state index in [9.17, 15) is 13.5 Å². The second-order valence-electron chi connectivity index (χ2n) is 6.18. The van der Waals surface area contributed by atoms with Crippen molar-refractivity contribution in [1.82, 2.24) is 14.6 Å². The quantitative estimate of drug-likeness (QED) is 0.851. The fraction of sp³-hybridized carbons (Fsp3) is 0.571. The zero-order chi connectivity index (χ0) is 14.7. The molecule has 0 aliphatic carbocycles. The van der Waals surface area contributed by atoms with E-state index in [2.05, 4.69) is 10.1 Å². The fourth-order valence-corrected chi connectivity index (χ4v) is 6.28. The van der Waals surface area contributed by atoms with Gasteiger partial charge in [-0.05, 0) is 25.7 Å². The largest absolute Gasteiger partial charge is 0.385 e. The predicted octanol–water partition coefficient (Wildman–Crippen LogP) is 1.05. The van der Waals surface area contributed by atoms with Gasteiger partial charge >= 0.3 is 0 Å². The molecule has 2 atom stereocenters. The van der Waals surface area contributed by atoms with E-state index in [4.69, 9.17) is 0 Å². The normalized spacial score (nSPS) is 34.9. The number of hydrogen-bond acceptors (Lipinski definition) is 5. The zero-order valence-electron chi connectivity index (χ0n) is 11.5. The fourth-order valence-electron chi connectivity index (χ4n) is 3.73. The number of rotatable bonds is 1. The minimum absolute atomic E-state index is 0.264. The summed E-state index contributed by atoms with van der Waals surface area (Å²) < 4.78 is 26.3. The van der Waals surface area contributed by atoms with Crippen LogP contribution in [0.25, 0.3) is 5.65 Å². The van der Waals surface area contributed by atoms with Crippen LogP contribution in [0.2, 0.25) is 0 Å². The Balaban J connectivity index is 1.77. The van der Waals surface area contributed by atoms with Crippen molar-refractivity contribution in [3.8, 4) is 0 Å². The predicted molar refractivity (Wildman–Crippen MR) is 76.5 cm³/mol. The molecule has 0 aromatic carbocycles. The molecule has 2 aliphatic heterocycles. The van der Waals surface area contributed by atoms with Crippen LogP contribution in [0.4, 0.5) is 0 Å². The van der Waals surface area contributed by atoms with Crippen molar-refractivity contribution in [2.24, 2.45) is 0 Å². The molecule has 4 rings (SSSR count). The van der Waals surface area contributed by atoms with Crippen LogP contribution < -0.4 is 0 Å². The van der Waals surface area contributed by atoms with Gasteiger partial charge < -0.3 is 5.11 Å². The minimum atomic E-state index is -3.08. The zero-order valence-corrected chi connectivity index (χ0v) is 12.3. The van der Waals surface area contributed by atoms with Crippen molar-refractivity contribution in [3.63, 3.8) is 0 Å². The molecule has 0 radical (unpaired) electrons. The molecule has 6 nitrogen and oxygen atoms in total. The highest BCUT2D eigenvalue weighted by molar-refractivity contribution is 7.92. The maximum absolute atomic E-state index is 12.3. The van der Waals surface area contributed by atoms with Gasteiger partial charge in [0.15, 0.2) is 15.5 Å². The van der Waals surface area contributed by atoms with E-state index in [1.807, 2.05) is 0 Å². The topological polar surface area (TPSA) is 84.6 Å². The van der Waals surface area contributed by atoms with Gasteiger partial charge in [0.25, 0.3) is 0 Å². The Hall–Kier alpha value is -1.47. The summed E-state index contributed by atoms with van der Waals surface area (Å²) >= 11 is 0. The first-order chi connectivity index (χ1) is 9.99. The van der Waals surface area contributed by atoms with Crippen LogP contribution in [0.1, 0.15) is 37.7 Å². The molecular formula is C14H17N3O3S. The van der Waals surface area contributed by atoms with Crippen molar-refractivity contribution in [2.45, 2.75) is 48.2 Å². The Labute approximate surface area is 122 Å².